The van der Waals surface area contributed by atoms with Gasteiger partial charge in [-0.05, 0) is 32.4 Å². The summed E-state index contributed by atoms with van der Waals surface area (Å²) in [5.74, 6) is 0.898. The third-order valence-electron chi connectivity index (χ3n) is 4.48. The van der Waals surface area contributed by atoms with Crippen molar-refractivity contribution in [2.75, 3.05) is 19.7 Å². The van der Waals surface area contributed by atoms with Gasteiger partial charge >= 0.3 is 0 Å². The van der Waals surface area contributed by atoms with Gasteiger partial charge in [0.05, 0.1) is 11.6 Å². The molecule has 126 valence electrons. The number of ketones is 1. The van der Waals surface area contributed by atoms with E-state index >= 15 is 0 Å². The van der Waals surface area contributed by atoms with E-state index in [-0.39, 0.29) is 24.0 Å². The van der Waals surface area contributed by atoms with Crippen LogP contribution in [0.15, 0.2) is 28.5 Å². The van der Waals surface area contributed by atoms with Crippen LogP contribution in [-0.2, 0) is 9.53 Å². The molecule has 1 atom stereocenters. The second kappa shape index (κ2) is 6.57. The van der Waals surface area contributed by atoms with Crippen LogP contribution in [0, 0.1) is 0 Å². The molecule has 0 aromatic heterocycles. The molecular weight excluding hydrogens is 290 g/mol. The summed E-state index contributed by atoms with van der Waals surface area (Å²) in [7, 11) is 0. The molecule has 0 aromatic carbocycles. The van der Waals surface area contributed by atoms with Crippen molar-refractivity contribution >= 4 is 11.5 Å². The van der Waals surface area contributed by atoms with Crippen molar-refractivity contribution in [3.05, 3.63) is 23.5 Å². The Kier molecular flexibility index (Phi) is 4.69. The average molecular weight is 317 g/mol. The summed E-state index contributed by atoms with van der Waals surface area (Å²) in [6, 6.07) is 0.130. The highest BCUT2D eigenvalue weighted by Gasteiger charge is 2.38. The minimum atomic E-state index is -0.116. The van der Waals surface area contributed by atoms with E-state index in [0.29, 0.717) is 6.42 Å². The van der Waals surface area contributed by atoms with E-state index in [0.717, 1.165) is 30.1 Å². The number of hydrazine groups is 1. The summed E-state index contributed by atoms with van der Waals surface area (Å²) in [5.41, 5.74) is 5.56. The highest BCUT2D eigenvalue weighted by molar-refractivity contribution is 6.00. The Labute approximate surface area is 138 Å². The van der Waals surface area contributed by atoms with Gasteiger partial charge in [-0.2, -0.15) is 0 Å². The second-order valence-electron chi connectivity index (χ2n) is 7.24. The zero-order valence-corrected chi connectivity index (χ0v) is 14.4. The molecule has 1 aliphatic carbocycles. The van der Waals surface area contributed by atoms with Crippen molar-refractivity contribution in [3.8, 4) is 0 Å². The number of aliphatic imine (C=N–C) groups is 1. The molecule has 1 N–H and O–H groups in total. The number of nitrogens with zero attached hydrogens (tertiary/aromatic N) is 2. The smallest absolute Gasteiger partial charge is 0.193 e. The summed E-state index contributed by atoms with van der Waals surface area (Å²) in [6.45, 7) is 8.55. The van der Waals surface area contributed by atoms with E-state index in [1.54, 1.807) is 6.08 Å². The van der Waals surface area contributed by atoms with Crippen LogP contribution in [0.3, 0.4) is 0 Å². The van der Waals surface area contributed by atoms with E-state index in [2.05, 4.69) is 37.3 Å². The third kappa shape index (κ3) is 3.72. The molecule has 23 heavy (non-hydrogen) atoms. The van der Waals surface area contributed by atoms with E-state index in [1.807, 2.05) is 0 Å². The standard InChI is InChI=1S/C18H27N3O2/c1-4-5-6-7-19-21-12-18(2,3)20-15-9-13-8-14(22)11-23-17(13)10-16(15)21/h8,10,16,19H,4-7,9,11-12H2,1-3H3. The number of hydrogen-bond acceptors (Lipinski definition) is 5. The Bertz CT molecular complexity index is 575. The highest BCUT2D eigenvalue weighted by atomic mass is 16.5. The first-order chi connectivity index (χ1) is 11.0. The Morgan fingerprint density at radius 3 is 3.04 bits per heavy atom. The van der Waals surface area contributed by atoms with Crippen molar-refractivity contribution in [1.29, 1.82) is 0 Å². The molecule has 3 rings (SSSR count). The van der Waals surface area contributed by atoms with Crippen LogP contribution in [0.2, 0.25) is 0 Å². The minimum Gasteiger partial charge on any atom is -0.485 e. The molecule has 0 bridgehead atoms. The van der Waals surface area contributed by atoms with E-state index in [9.17, 15) is 4.79 Å². The number of carbonyl (C=O) groups excluding carboxylic acids is 1. The van der Waals surface area contributed by atoms with Gasteiger partial charge in [0.25, 0.3) is 0 Å². The fourth-order valence-corrected chi connectivity index (χ4v) is 3.45. The zero-order valence-electron chi connectivity index (χ0n) is 14.4. The van der Waals surface area contributed by atoms with Gasteiger partial charge < -0.3 is 4.74 Å². The number of rotatable bonds is 5. The predicted molar refractivity (Wildman–Crippen MR) is 91.3 cm³/mol. The van der Waals surface area contributed by atoms with E-state index in [4.69, 9.17) is 9.73 Å². The molecule has 0 aromatic rings. The van der Waals surface area contributed by atoms with Crippen LogP contribution < -0.4 is 5.43 Å². The maximum absolute atomic E-state index is 11.6. The topological polar surface area (TPSA) is 53.9 Å². The van der Waals surface area contributed by atoms with Crippen LogP contribution >= 0.6 is 0 Å². The number of carbonyl (C=O) groups is 1. The molecule has 0 fully saturated rings. The molecule has 2 heterocycles. The summed E-state index contributed by atoms with van der Waals surface area (Å²) < 4.78 is 5.62. The number of nitrogens with one attached hydrogen (secondary N) is 1. The van der Waals surface area contributed by atoms with E-state index < -0.39 is 0 Å². The summed E-state index contributed by atoms with van der Waals surface area (Å²) in [5, 5.41) is 2.29. The fourth-order valence-electron chi connectivity index (χ4n) is 3.45. The van der Waals surface area contributed by atoms with Crippen LogP contribution in [0.5, 0.6) is 0 Å². The molecule has 0 amide bonds. The lowest BCUT2D eigenvalue weighted by molar-refractivity contribution is -0.118. The Morgan fingerprint density at radius 1 is 1.43 bits per heavy atom. The van der Waals surface area contributed by atoms with Crippen molar-refractivity contribution in [2.45, 2.75) is 58.0 Å². The summed E-state index contributed by atoms with van der Waals surface area (Å²) >= 11 is 0. The van der Waals surface area contributed by atoms with Gasteiger partial charge in [0.15, 0.2) is 12.4 Å². The highest BCUT2D eigenvalue weighted by Crippen LogP contribution is 2.32. The lowest BCUT2D eigenvalue weighted by Crippen LogP contribution is -2.58. The van der Waals surface area contributed by atoms with E-state index in [1.165, 1.54) is 19.3 Å². The maximum atomic E-state index is 11.6. The molecule has 0 spiro atoms. The lowest BCUT2D eigenvalue weighted by Gasteiger charge is -2.43. The predicted octanol–water partition coefficient (Wildman–Crippen LogP) is 2.40. The van der Waals surface area contributed by atoms with Crippen molar-refractivity contribution in [3.63, 3.8) is 0 Å². The van der Waals surface area contributed by atoms with Gasteiger partial charge in [-0.15, -0.1) is 0 Å². The minimum absolute atomic E-state index is 0.0424. The fraction of sp³-hybridized carbons (Fsp3) is 0.667. The number of allylic oxidation sites excluding steroid dienone is 1. The number of unbranched alkanes of at least 4 members (excludes halogenated alkanes) is 2. The quantitative estimate of drug-likeness (QED) is 0.791. The zero-order chi connectivity index (χ0) is 16.4. The SMILES string of the molecule is CCCCCNN1CC(C)(C)N=C2CC3=CC(=O)COC3=CC21. The van der Waals surface area contributed by atoms with Crippen molar-refractivity contribution in [1.82, 2.24) is 10.4 Å². The molecule has 2 aliphatic heterocycles. The average Bonchev–Trinajstić information content (AvgIpc) is 2.48. The number of ether oxygens (including phenoxy) is 1. The first-order valence-corrected chi connectivity index (χ1v) is 8.66. The molecule has 0 saturated carbocycles. The van der Waals surface area contributed by atoms with Gasteiger partial charge in [0.2, 0.25) is 0 Å². The third-order valence-corrected chi connectivity index (χ3v) is 4.48. The van der Waals surface area contributed by atoms with Crippen LogP contribution in [0.4, 0.5) is 0 Å². The monoisotopic (exact) mass is 317 g/mol. The Hall–Kier alpha value is -1.46. The maximum Gasteiger partial charge on any atom is 0.193 e. The molecule has 3 aliphatic rings. The Morgan fingerprint density at radius 2 is 2.26 bits per heavy atom. The van der Waals surface area contributed by atoms with Crippen molar-refractivity contribution in [2.24, 2.45) is 4.99 Å². The first kappa shape index (κ1) is 16.4. The van der Waals surface area contributed by atoms with Crippen LogP contribution in [-0.4, -0.2) is 47.8 Å². The summed E-state index contributed by atoms with van der Waals surface area (Å²) in [6.07, 6.45) is 8.19. The van der Waals surface area contributed by atoms with Crippen LogP contribution in [0.1, 0.15) is 46.5 Å². The van der Waals surface area contributed by atoms with Crippen LogP contribution in [0.25, 0.3) is 0 Å². The first-order valence-electron chi connectivity index (χ1n) is 8.66. The lowest BCUT2D eigenvalue weighted by atomic mass is 9.88. The van der Waals surface area contributed by atoms with Crippen molar-refractivity contribution < 1.29 is 9.53 Å². The normalized spacial score (nSPS) is 26.5. The molecule has 0 saturated heterocycles. The number of hydrogen-bond donors (Lipinski definition) is 1. The Balaban J connectivity index is 1.81. The second-order valence-corrected chi connectivity index (χ2v) is 7.24. The van der Waals surface area contributed by atoms with Gasteiger partial charge in [-0.25, -0.2) is 5.01 Å². The molecule has 1 unspecified atom stereocenters. The molecular formula is C18H27N3O2. The summed E-state index contributed by atoms with van der Waals surface area (Å²) in [4.78, 5) is 16.5. The molecule has 5 nitrogen and oxygen atoms in total. The van der Waals surface area contributed by atoms with Gasteiger partial charge in [-0.3, -0.25) is 15.2 Å². The number of fused-ring (bicyclic) bond motifs is 2. The largest absolute Gasteiger partial charge is 0.485 e. The molecule has 0 radical (unpaired) electrons. The molecule has 5 heteroatoms. The van der Waals surface area contributed by atoms with Gasteiger partial charge in [-0.1, -0.05) is 19.8 Å². The van der Waals surface area contributed by atoms with Gasteiger partial charge in [0.1, 0.15) is 5.76 Å². The van der Waals surface area contributed by atoms with Gasteiger partial charge in [0, 0.05) is 30.8 Å².